The summed E-state index contributed by atoms with van der Waals surface area (Å²) in [5.41, 5.74) is 5.70. The van der Waals surface area contributed by atoms with Crippen molar-refractivity contribution >= 4 is 0 Å². The molecule has 1 atom stereocenters. The van der Waals surface area contributed by atoms with Gasteiger partial charge in [-0.3, -0.25) is 0 Å². The molecule has 0 amide bonds. The molecule has 0 fully saturated rings. The van der Waals surface area contributed by atoms with Gasteiger partial charge in [0, 0.05) is 0 Å². The van der Waals surface area contributed by atoms with Crippen LogP contribution in [0.2, 0.25) is 0 Å². The van der Waals surface area contributed by atoms with Gasteiger partial charge in [-0.25, -0.2) is 4.39 Å². The van der Waals surface area contributed by atoms with Gasteiger partial charge in [0.15, 0.2) is 0 Å². The molecule has 0 aliphatic rings. The van der Waals surface area contributed by atoms with E-state index in [2.05, 4.69) is 4.74 Å². The fraction of sp³-hybridized carbons (Fsp3) is 0.400. The number of hydrogen-bond donors (Lipinski definition) is 1. The zero-order chi connectivity index (χ0) is 13.1. The molecule has 0 unspecified atom stereocenters. The fourth-order valence-electron chi connectivity index (χ4n) is 1.07. The molecule has 0 saturated heterocycles. The third-order valence-corrected chi connectivity index (χ3v) is 1.98. The normalized spacial score (nSPS) is 13.8. The summed E-state index contributed by atoms with van der Waals surface area (Å²) >= 11 is 0. The van der Waals surface area contributed by atoms with E-state index in [1.165, 1.54) is 12.1 Å². The molecule has 7 heteroatoms. The molecule has 0 saturated carbocycles. The second-order valence-corrected chi connectivity index (χ2v) is 3.29. The molecule has 2 N–H and O–H groups in total. The molecule has 96 valence electrons. The first kappa shape index (κ1) is 13.7. The number of alkyl halides is 5. The summed E-state index contributed by atoms with van der Waals surface area (Å²) in [5.74, 6) is -0.440. The van der Waals surface area contributed by atoms with Crippen molar-refractivity contribution in [1.29, 1.82) is 0 Å². The Hall–Kier alpha value is -1.37. The van der Waals surface area contributed by atoms with Crippen molar-refractivity contribution in [1.82, 2.24) is 0 Å². The van der Waals surface area contributed by atoms with Crippen LogP contribution in [0.1, 0.15) is 11.6 Å². The van der Waals surface area contributed by atoms with Gasteiger partial charge in [0.2, 0.25) is 0 Å². The van der Waals surface area contributed by atoms with Crippen molar-refractivity contribution in [3.05, 3.63) is 29.8 Å². The summed E-state index contributed by atoms with van der Waals surface area (Å²) in [7, 11) is 0. The van der Waals surface area contributed by atoms with Crippen LogP contribution in [0.4, 0.5) is 22.0 Å². The first-order valence-electron chi connectivity index (χ1n) is 4.63. The Labute approximate surface area is 94.2 Å². The minimum atomic E-state index is -4.55. The van der Waals surface area contributed by atoms with Crippen molar-refractivity contribution in [2.75, 3.05) is 6.67 Å². The highest BCUT2D eigenvalue weighted by atomic mass is 19.3. The van der Waals surface area contributed by atoms with Crippen molar-refractivity contribution in [2.45, 2.75) is 18.6 Å². The number of rotatable bonds is 5. The van der Waals surface area contributed by atoms with Gasteiger partial charge in [0.25, 0.3) is 0 Å². The average molecular weight is 255 g/mol. The van der Waals surface area contributed by atoms with Crippen LogP contribution in [-0.2, 0) is 0 Å². The zero-order valence-electron chi connectivity index (χ0n) is 8.55. The van der Waals surface area contributed by atoms with Gasteiger partial charge < -0.3 is 10.5 Å². The molecule has 2 nitrogen and oxygen atoms in total. The van der Waals surface area contributed by atoms with E-state index >= 15 is 0 Å². The van der Waals surface area contributed by atoms with Crippen LogP contribution in [-0.4, -0.2) is 19.2 Å². The SMILES string of the molecule is N[C@@H](CF)c1ccc(OC(F)(F)C(F)F)cc1. The number of hydrogen-bond acceptors (Lipinski definition) is 2. The number of halogens is 5. The molecule has 0 aromatic heterocycles. The van der Waals surface area contributed by atoms with Gasteiger partial charge >= 0.3 is 12.5 Å². The van der Waals surface area contributed by atoms with Crippen LogP contribution in [0.5, 0.6) is 5.75 Å². The average Bonchev–Trinajstić information content (AvgIpc) is 2.28. The second-order valence-electron chi connectivity index (χ2n) is 3.29. The number of ether oxygens (including phenoxy) is 1. The number of benzene rings is 1. The van der Waals surface area contributed by atoms with Gasteiger partial charge in [-0.1, -0.05) is 12.1 Å². The molecule has 0 aliphatic carbocycles. The molecule has 1 aromatic carbocycles. The lowest BCUT2D eigenvalue weighted by Crippen LogP contribution is -2.33. The van der Waals surface area contributed by atoms with Crippen molar-refractivity contribution in [3.63, 3.8) is 0 Å². The van der Waals surface area contributed by atoms with E-state index in [-0.39, 0.29) is 0 Å². The highest BCUT2D eigenvalue weighted by molar-refractivity contribution is 5.29. The summed E-state index contributed by atoms with van der Waals surface area (Å²) in [6.07, 6.45) is -8.47. The van der Waals surface area contributed by atoms with E-state index in [1.807, 2.05) is 0 Å². The first-order chi connectivity index (χ1) is 7.86. The maximum atomic E-state index is 12.5. The Morgan fingerprint density at radius 2 is 1.71 bits per heavy atom. The molecule has 0 heterocycles. The molecule has 0 bridgehead atoms. The Morgan fingerprint density at radius 3 is 2.12 bits per heavy atom. The summed E-state index contributed by atoms with van der Waals surface area (Å²) in [6.45, 7) is -0.812. The highest BCUT2D eigenvalue weighted by Crippen LogP contribution is 2.28. The topological polar surface area (TPSA) is 35.2 Å². The third-order valence-electron chi connectivity index (χ3n) is 1.98. The Kier molecular flexibility index (Phi) is 4.28. The minimum Gasteiger partial charge on any atom is -0.428 e. The van der Waals surface area contributed by atoms with E-state index in [9.17, 15) is 22.0 Å². The molecule has 17 heavy (non-hydrogen) atoms. The molecule has 0 spiro atoms. The van der Waals surface area contributed by atoms with E-state index in [4.69, 9.17) is 5.73 Å². The van der Waals surface area contributed by atoms with E-state index in [1.54, 1.807) is 0 Å². The van der Waals surface area contributed by atoms with Crippen molar-refractivity contribution < 1.29 is 26.7 Å². The maximum Gasteiger partial charge on any atom is 0.461 e. The smallest absolute Gasteiger partial charge is 0.428 e. The predicted octanol–water partition coefficient (Wildman–Crippen LogP) is 2.89. The molecule has 0 radical (unpaired) electrons. The van der Waals surface area contributed by atoms with Crippen LogP contribution < -0.4 is 10.5 Å². The maximum absolute atomic E-state index is 12.5. The second kappa shape index (κ2) is 5.31. The lowest BCUT2D eigenvalue weighted by Gasteiger charge is -2.17. The summed E-state index contributed by atoms with van der Waals surface area (Å²) in [6, 6.07) is 3.66. The van der Waals surface area contributed by atoms with Gasteiger partial charge in [0.1, 0.15) is 12.4 Å². The Balaban J connectivity index is 2.75. The Bertz CT molecular complexity index is 354. The first-order valence-corrected chi connectivity index (χ1v) is 4.63. The largest absolute Gasteiger partial charge is 0.461 e. The van der Waals surface area contributed by atoms with Gasteiger partial charge in [0.05, 0.1) is 6.04 Å². The van der Waals surface area contributed by atoms with Crippen LogP contribution in [0, 0.1) is 0 Å². The molecule has 1 rings (SSSR count). The predicted molar refractivity (Wildman–Crippen MR) is 50.9 cm³/mol. The van der Waals surface area contributed by atoms with Crippen LogP contribution in [0.3, 0.4) is 0 Å². The van der Waals surface area contributed by atoms with E-state index < -0.39 is 31.0 Å². The summed E-state index contributed by atoms with van der Waals surface area (Å²) < 4.78 is 64.6. The lowest BCUT2D eigenvalue weighted by atomic mass is 10.1. The standard InChI is InChI=1S/C10H10F5NO/c11-5-8(16)6-1-3-7(4-2-6)17-10(14,15)9(12)13/h1-4,8-9H,5,16H2/t8-/m0/s1. The monoisotopic (exact) mass is 255 g/mol. The minimum absolute atomic E-state index is 0.361. The lowest BCUT2D eigenvalue weighted by molar-refractivity contribution is -0.253. The summed E-state index contributed by atoms with van der Waals surface area (Å²) in [5, 5.41) is 0. The van der Waals surface area contributed by atoms with Crippen LogP contribution >= 0.6 is 0 Å². The van der Waals surface area contributed by atoms with Gasteiger partial charge in [-0.15, -0.1) is 0 Å². The molecule has 1 aromatic rings. The van der Waals surface area contributed by atoms with E-state index in [0.29, 0.717) is 5.56 Å². The molecular formula is C10H10F5NO. The van der Waals surface area contributed by atoms with Crippen molar-refractivity contribution in [2.24, 2.45) is 5.73 Å². The Morgan fingerprint density at radius 1 is 1.18 bits per heavy atom. The number of nitrogens with two attached hydrogens (primary N) is 1. The zero-order valence-corrected chi connectivity index (χ0v) is 8.55. The summed E-state index contributed by atoms with van der Waals surface area (Å²) in [4.78, 5) is 0. The molecular weight excluding hydrogens is 245 g/mol. The fourth-order valence-corrected chi connectivity index (χ4v) is 1.07. The highest BCUT2D eigenvalue weighted by Gasteiger charge is 2.43. The van der Waals surface area contributed by atoms with Crippen molar-refractivity contribution in [3.8, 4) is 5.75 Å². The van der Waals surface area contributed by atoms with Crippen LogP contribution in [0.25, 0.3) is 0 Å². The molecule has 0 aliphatic heterocycles. The van der Waals surface area contributed by atoms with E-state index in [0.717, 1.165) is 12.1 Å². The van der Waals surface area contributed by atoms with Crippen LogP contribution in [0.15, 0.2) is 24.3 Å². The van der Waals surface area contributed by atoms with Gasteiger partial charge in [-0.2, -0.15) is 17.6 Å². The van der Waals surface area contributed by atoms with Gasteiger partial charge in [-0.05, 0) is 17.7 Å². The quantitative estimate of drug-likeness (QED) is 0.821. The third kappa shape index (κ3) is 3.55.